The number of benzene rings is 1. The van der Waals surface area contributed by atoms with Gasteiger partial charge in [-0.05, 0) is 25.0 Å². The molecule has 1 aliphatic heterocycles. The minimum absolute atomic E-state index is 0.0462. The standard InChI is InChI=1S/C18H26N2O6/c1-23-11-16(21)19-13-5-7-20(8-6-13)18(22)12-9-14(24-2)17(26-4)15(10-12)25-3/h9-10,13H,5-8,11H2,1-4H3,(H,19,21). The number of amides is 2. The van der Waals surface area contributed by atoms with Gasteiger partial charge in [0, 0.05) is 31.8 Å². The normalized spacial score (nSPS) is 14.7. The van der Waals surface area contributed by atoms with Gasteiger partial charge >= 0.3 is 0 Å². The average Bonchev–Trinajstić information content (AvgIpc) is 2.66. The van der Waals surface area contributed by atoms with Gasteiger partial charge in [0.1, 0.15) is 6.61 Å². The predicted molar refractivity (Wildman–Crippen MR) is 95.0 cm³/mol. The molecule has 0 unspecified atom stereocenters. The molecule has 0 aromatic heterocycles. The third-order valence-corrected chi connectivity index (χ3v) is 4.33. The third-order valence-electron chi connectivity index (χ3n) is 4.33. The molecule has 0 radical (unpaired) electrons. The first-order chi connectivity index (χ1) is 12.5. The van der Waals surface area contributed by atoms with Gasteiger partial charge in [0.25, 0.3) is 5.91 Å². The molecule has 0 bridgehead atoms. The van der Waals surface area contributed by atoms with Crippen LogP contribution in [-0.2, 0) is 9.53 Å². The van der Waals surface area contributed by atoms with Gasteiger partial charge in [-0.25, -0.2) is 0 Å². The Morgan fingerprint density at radius 3 is 2.08 bits per heavy atom. The second kappa shape index (κ2) is 9.28. The van der Waals surface area contributed by atoms with Crippen LogP contribution in [0.1, 0.15) is 23.2 Å². The van der Waals surface area contributed by atoms with Crippen LogP contribution in [0.25, 0.3) is 0 Å². The number of hydrogen-bond donors (Lipinski definition) is 1. The van der Waals surface area contributed by atoms with Gasteiger partial charge in [-0.1, -0.05) is 0 Å². The average molecular weight is 366 g/mol. The number of nitrogens with one attached hydrogen (secondary N) is 1. The minimum Gasteiger partial charge on any atom is -0.493 e. The molecule has 8 heteroatoms. The van der Waals surface area contributed by atoms with Gasteiger partial charge in [0.2, 0.25) is 11.7 Å². The molecule has 0 atom stereocenters. The van der Waals surface area contributed by atoms with Gasteiger partial charge in [-0.15, -0.1) is 0 Å². The van der Waals surface area contributed by atoms with E-state index < -0.39 is 0 Å². The van der Waals surface area contributed by atoms with E-state index in [0.717, 1.165) is 0 Å². The Morgan fingerprint density at radius 2 is 1.62 bits per heavy atom. The molecule has 0 spiro atoms. The molecule has 2 amide bonds. The maximum absolute atomic E-state index is 12.8. The summed E-state index contributed by atoms with van der Waals surface area (Å²) in [6, 6.07) is 3.35. The number of piperidine rings is 1. The van der Waals surface area contributed by atoms with E-state index in [-0.39, 0.29) is 24.5 Å². The smallest absolute Gasteiger partial charge is 0.254 e. The maximum Gasteiger partial charge on any atom is 0.254 e. The van der Waals surface area contributed by atoms with Crippen LogP contribution in [0.5, 0.6) is 17.2 Å². The van der Waals surface area contributed by atoms with Crippen molar-refractivity contribution in [1.29, 1.82) is 0 Å². The fourth-order valence-corrected chi connectivity index (χ4v) is 3.01. The van der Waals surface area contributed by atoms with E-state index in [9.17, 15) is 9.59 Å². The monoisotopic (exact) mass is 366 g/mol. The van der Waals surface area contributed by atoms with Crippen LogP contribution in [0.15, 0.2) is 12.1 Å². The number of likely N-dealkylation sites (tertiary alicyclic amines) is 1. The summed E-state index contributed by atoms with van der Waals surface area (Å²) >= 11 is 0. The number of carbonyl (C=O) groups is 2. The fourth-order valence-electron chi connectivity index (χ4n) is 3.01. The zero-order valence-electron chi connectivity index (χ0n) is 15.7. The van der Waals surface area contributed by atoms with Crippen molar-refractivity contribution in [1.82, 2.24) is 10.2 Å². The molecule has 2 rings (SSSR count). The van der Waals surface area contributed by atoms with Gasteiger partial charge in [-0.3, -0.25) is 9.59 Å². The highest BCUT2D eigenvalue weighted by Crippen LogP contribution is 2.38. The van der Waals surface area contributed by atoms with Gasteiger partial charge in [-0.2, -0.15) is 0 Å². The number of nitrogens with zero attached hydrogens (tertiary/aromatic N) is 1. The molecule has 1 N–H and O–H groups in total. The molecule has 8 nitrogen and oxygen atoms in total. The minimum atomic E-state index is -0.137. The first-order valence-corrected chi connectivity index (χ1v) is 8.41. The topological polar surface area (TPSA) is 86.3 Å². The summed E-state index contributed by atoms with van der Waals surface area (Å²) in [5, 5.41) is 2.91. The molecule has 1 heterocycles. The van der Waals surface area contributed by atoms with E-state index in [0.29, 0.717) is 48.7 Å². The number of methoxy groups -OCH3 is 4. The quantitative estimate of drug-likeness (QED) is 0.777. The van der Waals surface area contributed by atoms with Crippen LogP contribution in [0.3, 0.4) is 0 Å². The Bertz CT molecular complexity index is 616. The van der Waals surface area contributed by atoms with Crippen LogP contribution < -0.4 is 19.5 Å². The van der Waals surface area contributed by atoms with Crippen molar-refractivity contribution in [2.45, 2.75) is 18.9 Å². The summed E-state index contributed by atoms with van der Waals surface area (Å²) in [6.45, 7) is 1.17. The van der Waals surface area contributed by atoms with Crippen molar-refractivity contribution < 1.29 is 28.5 Å². The molecule has 144 valence electrons. The number of ether oxygens (including phenoxy) is 4. The first kappa shape index (κ1) is 19.8. The lowest BCUT2D eigenvalue weighted by Gasteiger charge is -2.32. The molecule has 0 aliphatic carbocycles. The number of hydrogen-bond acceptors (Lipinski definition) is 6. The van der Waals surface area contributed by atoms with Crippen LogP contribution in [-0.4, -0.2) is 70.9 Å². The predicted octanol–water partition coefficient (Wildman–Crippen LogP) is 1.08. The van der Waals surface area contributed by atoms with Gasteiger partial charge in [0.15, 0.2) is 11.5 Å². The Morgan fingerprint density at radius 1 is 1.04 bits per heavy atom. The molecule has 1 aromatic rings. The molecular formula is C18H26N2O6. The summed E-state index contributed by atoms with van der Waals surface area (Å²) in [5.74, 6) is 1.09. The summed E-state index contributed by atoms with van der Waals surface area (Å²) in [5.41, 5.74) is 0.473. The third kappa shape index (κ3) is 4.57. The highest BCUT2D eigenvalue weighted by molar-refractivity contribution is 5.95. The molecule has 0 saturated carbocycles. The van der Waals surface area contributed by atoms with Crippen molar-refractivity contribution in [2.75, 3.05) is 48.1 Å². The lowest BCUT2D eigenvalue weighted by molar-refractivity contribution is -0.125. The van der Waals surface area contributed by atoms with Crippen LogP contribution >= 0.6 is 0 Å². The molecule has 1 aliphatic rings. The van der Waals surface area contributed by atoms with Crippen LogP contribution in [0.2, 0.25) is 0 Å². The zero-order chi connectivity index (χ0) is 19.1. The SMILES string of the molecule is COCC(=O)NC1CCN(C(=O)c2cc(OC)c(OC)c(OC)c2)CC1. The van der Waals surface area contributed by atoms with Crippen molar-refractivity contribution in [3.8, 4) is 17.2 Å². The van der Waals surface area contributed by atoms with Gasteiger partial charge in [0.05, 0.1) is 21.3 Å². The molecule has 26 heavy (non-hydrogen) atoms. The zero-order valence-corrected chi connectivity index (χ0v) is 15.7. The van der Waals surface area contributed by atoms with E-state index >= 15 is 0 Å². The highest BCUT2D eigenvalue weighted by atomic mass is 16.5. The summed E-state index contributed by atoms with van der Waals surface area (Å²) < 4.78 is 20.7. The Labute approximate surface area is 153 Å². The Kier molecular flexibility index (Phi) is 7.08. The van der Waals surface area contributed by atoms with E-state index in [1.807, 2.05) is 0 Å². The van der Waals surface area contributed by atoms with E-state index in [4.69, 9.17) is 18.9 Å². The molecular weight excluding hydrogens is 340 g/mol. The van der Waals surface area contributed by atoms with E-state index in [2.05, 4.69) is 5.32 Å². The molecule has 1 saturated heterocycles. The Balaban J connectivity index is 2.05. The van der Waals surface area contributed by atoms with E-state index in [1.54, 1.807) is 17.0 Å². The Hall–Kier alpha value is -2.48. The lowest BCUT2D eigenvalue weighted by atomic mass is 10.0. The van der Waals surface area contributed by atoms with Gasteiger partial charge < -0.3 is 29.2 Å². The van der Waals surface area contributed by atoms with Crippen molar-refractivity contribution in [3.05, 3.63) is 17.7 Å². The van der Waals surface area contributed by atoms with Crippen molar-refractivity contribution >= 4 is 11.8 Å². The summed E-state index contributed by atoms with van der Waals surface area (Å²) in [7, 11) is 6.03. The summed E-state index contributed by atoms with van der Waals surface area (Å²) in [4.78, 5) is 26.2. The fraction of sp³-hybridized carbons (Fsp3) is 0.556. The second-order valence-corrected chi connectivity index (χ2v) is 5.98. The second-order valence-electron chi connectivity index (χ2n) is 5.98. The summed E-state index contributed by atoms with van der Waals surface area (Å²) in [6.07, 6.45) is 1.40. The maximum atomic E-state index is 12.8. The largest absolute Gasteiger partial charge is 0.493 e. The lowest BCUT2D eigenvalue weighted by Crippen LogP contribution is -2.47. The molecule has 1 fully saturated rings. The molecule has 1 aromatic carbocycles. The first-order valence-electron chi connectivity index (χ1n) is 8.41. The van der Waals surface area contributed by atoms with Crippen molar-refractivity contribution in [2.24, 2.45) is 0 Å². The van der Waals surface area contributed by atoms with Crippen LogP contribution in [0.4, 0.5) is 0 Å². The number of rotatable bonds is 7. The van der Waals surface area contributed by atoms with Crippen molar-refractivity contribution in [3.63, 3.8) is 0 Å². The van der Waals surface area contributed by atoms with Crippen LogP contribution in [0, 0.1) is 0 Å². The number of carbonyl (C=O) groups excluding carboxylic acids is 2. The highest BCUT2D eigenvalue weighted by Gasteiger charge is 2.26. The van der Waals surface area contributed by atoms with E-state index in [1.165, 1.54) is 28.4 Å².